The first-order valence-corrected chi connectivity index (χ1v) is 12.9. The lowest BCUT2D eigenvalue weighted by Gasteiger charge is -2.45. The van der Waals surface area contributed by atoms with E-state index in [4.69, 9.17) is 4.42 Å². The van der Waals surface area contributed by atoms with E-state index in [2.05, 4.69) is 24.0 Å². The van der Waals surface area contributed by atoms with Gasteiger partial charge < -0.3 is 24.4 Å². The summed E-state index contributed by atoms with van der Waals surface area (Å²) in [5.41, 5.74) is 2.15. The molecule has 1 amide bonds. The zero-order valence-corrected chi connectivity index (χ0v) is 20.5. The van der Waals surface area contributed by atoms with Gasteiger partial charge in [-0.05, 0) is 75.3 Å². The SMILES string of the molecule is Cc1ccc(N(C(=O)c2ccco2)C2CCN(CCC3(C(CO)CO)CCCCC3)CC2)cc1. The van der Waals surface area contributed by atoms with Crippen LogP contribution in [0.3, 0.4) is 0 Å². The van der Waals surface area contributed by atoms with Crippen molar-refractivity contribution in [3.63, 3.8) is 0 Å². The molecule has 6 heteroatoms. The number of rotatable bonds is 9. The van der Waals surface area contributed by atoms with Crippen molar-refractivity contribution in [1.29, 1.82) is 0 Å². The summed E-state index contributed by atoms with van der Waals surface area (Å²) in [5, 5.41) is 19.8. The lowest BCUT2D eigenvalue weighted by Crippen LogP contribution is -2.48. The molecule has 0 radical (unpaired) electrons. The topological polar surface area (TPSA) is 77.2 Å². The molecule has 34 heavy (non-hydrogen) atoms. The average molecular weight is 469 g/mol. The molecule has 2 aromatic rings. The Balaban J connectivity index is 1.41. The quantitative estimate of drug-likeness (QED) is 0.561. The van der Waals surface area contributed by atoms with E-state index in [1.807, 2.05) is 17.0 Å². The maximum Gasteiger partial charge on any atom is 0.294 e. The molecule has 0 unspecified atom stereocenters. The summed E-state index contributed by atoms with van der Waals surface area (Å²) in [6, 6.07) is 11.8. The third kappa shape index (κ3) is 5.56. The van der Waals surface area contributed by atoms with Crippen LogP contribution in [0.5, 0.6) is 0 Å². The number of benzene rings is 1. The second kappa shape index (κ2) is 11.5. The number of amides is 1. The van der Waals surface area contributed by atoms with Gasteiger partial charge in [0.15, 0.2) is 5.76 Å². The molecular weight excluding hydrogens is 428 g/mol. The third-order valence-electron chi connectivity index (χ3n) is 8.27. The van der Waals surface area contributed by atoms with Crippen molar-refractivity contribution >= 4 is 11.6 Å². The van der Waals surface area contributed by atoms with E-state index in [0.717, 1.165) is 57.4 Å². The van der Waals surface area contributed by atoms with Crippen molar-refractivity contribution < 1.29 is 19.4 Å². The van der Waals surface area contributed by atoms with E-state index in [9.17, 15) is 15.0 Å². The highest BCUT2D eigenvalue weighted by atomic mass is 16.3. The van der Waals surface area contributed by atoms with Crippen LogP contribution < -0.4 is 4.90 Å². The number of hydrogen-bond acceptors (Lipinski definition) is 5. The Morgan fingerprint density at radius 3 is 2.35 bits per heavy atom. The minimum atomic E-state index is -0.0813. The summed E-state index contributed by atoms with van der Waals surface area (Å²) < 4.78 is 5.45. The van der Waals surface area contributed by atoms with E-state index >= 15 is 0 Å². The summed E-state index contributed by atoms with van der Waals surface area (Å²) in [6.07, 6.45) is 10.3. The van der Waals surface area contributed by atoms with Gasteiger partial charge in [-0.25, -0.2) is 0 Å². The van der Waals surface area contributed by atoms with Gasteiger partial charge in [0, 0.05) is 44.0 Å². The van der Waals surface area contributed by atoms with Gasteiger partial charge in [-0.1, -0.05) is 37.0 Å². The Labute approximate surface area is 203 Å². The Bertz CT molecular complexity index is 878. The number of likely N-dealkylation sites (tertiary alicyclic amines) is 1. The van der Waals surface area contributed by atoms with Crippen LogP contribution in [0.4, 0.5) is 5.69 Å². The number of aliphatic hydroxyl groups is 2. The predicted octanol–water partition coefficient (Wildman–Crippen LogP) is 4.64. The molecule has 0 bridgehead atoms. The minimum absolute atomic E-state index is 0.0201. The predicted molar refractivity (Wildman–Crippen MR) is 134 cm³/mol. The molecule has 2 heterocycles. The Morgan fingerprint density at radius 1 is 1.09 bits per heavy atom. The van der Waals surface area contributed by atoms with Crippen LogP contribution >= 0.6 is 0 Å². The van der Waals surface area contributed by atoms with Crippen molar-refractivity contribution in [3.8, 4) is 0 Å². The third-order valence-corrected chi connectivity index (χ3v) is 8.27. The van der Waals surface area contributed by atoms with Gasteiger partial charge in [0.05, 0.1) is 6.26 Å². The number of anilines is 1. The fraction of sp³-hybridized carbons (Fsp3) is 0.607. The normalized spacial score (nSPS) is 19.4. The molecule has 1 aromatic carbocycles. The van der Waals surface area contributed by atoms with Crippen molar-refractivity contribution in [2.45, 2.75) is 64.3 Å². The zero-order chi connectivity index (χ0) is 24.0. The standard InChI is InChI=1S/C28H40N2O4/c1-22-7-9-24(10-8-22)30(27(33)26-6-5-19-34-26)25-11-16-29(17-12-25)18-15-28(23(20-31)21-32)13-3-2-4-14-28/h5-10,19,23,25,31-32H,2-4,11-18,20-21H2,1H3. The van der Waals surface area contributed by atoms with Gasteiger partial charge in [-0.3, -0.25) is 4.79 Å². The molecule has 1 saturated heterocycles. The summed E-state index contributed by atoms with van der Waals surface area (Å²) >= 11 is 0. The molecular formula is C28H40N2O4. The number of aliphatic hydroxyl groups excluding tert-OH is 2. The number of hydrogen-bond donors (Lipinski definition) is 2. The summed E-state index contributed by atoms with van der Waals surface area (Å²) in [6.45, 7) is 5.06. The van der Waals surface area contributed by atoms with Gasteiger partial charge in [0.1, 0.15) is 0 Å². The monoisotopic (exact) mass is 468 g/mol. The van der Waals surface area contributed by atoms with Gasteiger partial charge in [-0.2, -0.15) is 0 Å². The van der Waals surface area contributed by atoms with E-state index in [1.165, 1.54) is 24.8 Å². The first-order chi connectivity index (χ1) is 16.6. The highest BCUT2D eigenvalue weighted by molar-refractivity contribution is 6.04. The van der Waals surface area contributed by atoms with Crippen LogP contribution in [0.15, 0.2) is 47.1 Å². The van der Waals surface area contributed by atoms with Gasteiger partial charge in [0.25, 0.3) is 5.91 Å². The van der Waals surface area contributed by atoms with E-state index < -0.39 is 0 Å². The summed E-state index contributed by atoms with van der Waals surface area (Å²) in [7, 11) is 0. The number of carbonyl (C=O) groups excluding carboxylic acids is 1. The molecule has 4 rings (SSSR count). The first kappa shape index (κ1) is 25.0. The Hall–Kier alpha value is -2.15. The van der Waals surface area contributed by atoms with E-state index in [-0.39, 0.29) is 36.5 Å². The molecule has 1 aliphatic heterocycles. The smallest absolute Gasteiger partial charge is 0.294 e. The van der Waals surface area contributed by atoms with Crippen LogP contribution in [-0.4, -0.2) is 59.9 Å². The molecule has 186 valence electrons. The number of aryl methyl sites for hydroxylation is 1. The fourth-order valence-corrected chi connectivity index (χ4v) is 6.06. The molecule has 0 spiro atoms. The number of piperidine rings is 1. The number of carbonyl (C=O) groups is 1. The molecule has 1 aromatic heterocycles. The van der Waals surface area contributed by atoms with Crippen LogP contribution in [0, 0.1) is 18.3 Å². The lowest BCUT2D eigenvalue weighted by atomic mass is 9.64. The van der Waals surface area contributed by atoms with Crippen LogP contribution in [0.1, 0.15) is 67.5 Å². The average Bonchev–Trinajstić information content (AvgIpc) is 3.41. The van der Waals surface area contributed by atoms with Crippen molar-refractivity contribution in [2.24, 2.45) is 11.3 Å². The highest BCUT2D eigenvalue weighted by Crippen LogP contribution is 2.45. The zero-order valence-electron chi connectivity index (χ0n) is 20.5. The second-order valence-electron chi connectivity index (χ2n) is 10.3. The van der Waals surface area contributed by atoms with E-state index in [1.54, 1.807) is 18.4 Å². The fourth-order valence-electron chi connectivity index (χ4n) is 6.06. The number of nitrogens with zero attached hydrogens (tertiary/aromatic N) is 2. The molecule has 1 saturated carbocycles. The van der Waals surface area contributed by atoms with Gasteiger partial charge in [0.2, 0.25) is 0 Å². The lowest BCUT2D eigenvalue weighted by molar-refractivity contribution is -0.00289. The maximum absolute atomic E-state index is 13.4. The summed E-state index contributed by atoms with van der Waals surface area (Å²) in [4.78, 5) is 17.8. The van der Waals surface area contributed by atoms with Crippen molar-refractivity contribution in [1.82, 2.24) is 4.90 Å². The summed E-state index contributed by atoms with van der Waals surface area (Å²) in [5.74, 6) is 0.275. The maximum atomic E-state index is 13.4. The van der Waals surface area contributed by atoms with Gasteiger partial charge in [-0.15, -0.1) is 0 Å². The number of furan rings is 1. The molecule has 6 nitrogen and oxygen atoms in total. The van der Waals surface area contributed by atoms with Crippen molar-refractivity contribution in [2.75, 3.05) is 37.7 Å². The molecule has 2 N–H and O–H groups in total. The van der Waals surface area contributed by atoms with Gasteiger partial charge >= 0.3 is 0 Å². The minimum Gasteiger partial charge on any atom is -0.459 e. The molecule has 0 atom stereocenters. The first-order valence-electron chi connectivity index (χ1n) is 12.9. The van der Waals surface area contributed by atoms with Crippen LogP contribution in [0.25, 0.3) is 0 Å². The van der Waals surface area contributed by atoms with E-state index in [0.29, 0.717) is 5.76 Å². The molecule has 2 fully saturated rings. The Kier molecular flexibility index (Phi) is 8.46. The largest absolute Gasteiger partial charge is 0.459 e. The molecule has 1 aliphatic carbocycles. The van der Waals surface area contributed by atoms with Crippen LogP contribution in [-0.2, 0) is 0 Å². The second-order valence-corrected chi connectivity index (χ2v) is 10.3. The van der Waals surface area contributed by atoms with Crippen molar-refractivity contribution in [3.05, 3.63) is 54.0 Å². The Morgan fingerprint density at radius 2 is 1.76 bits per heavy atom. The molecule has 2 aliphatic rings. The van der Waals surface area contributed by atoms with Crippen LogP contribution in [0.2, 0.25) is 0 Å². The highest BCUT2D eigenvalue weighted by Gasteiger charge is 2.39.